The Kier molecular flexibility index (Phi) is 3.95. The van der Waals surface area contributed by atoms with Gasteiger partial charge in [-0.05, 0) is 42.3 Å². The van der Waals surface area contributed by atoms with Gasteiger partial charge in [-0.15, -0.1) is 0 Å². The van der Waals surface area contributed by atoms with Gasteiger partial charge in [0.1, 0.15) is 5.82 Å². The fourth-order valence-electron chi connectivity index (χ4n) is 1.77. The van der Waals surface area contributed by atoms with E-state index in [4.69, 9.17) is 0 Å². The summed E-state index contributed by atoms with van der Waals surface area (Å²) in [6.45, 7) is 2.41. The molecule has 94 valence electrons. The second-order valence-electron chi connectivity index (χ2n) is 4.32. The number of aryl methyl sites for hydroxylation is 1. The monoisotopic (exact) mass is 245 g/mol. The van der Waals surface area contributed by atoms with Crippen molar-refractivity contribution in [2.75, 3.05) is 11.9 Å². The third-order valence-electron chi connectivity index (χ3n) is 2.77. The van der Waals surface area contributed by atoms with Crippen molar-refractivity contribution in [3.05, 3.63) is 65.5 Å². The summed E-state index contributed by atoms with van der Waals surface area (Å²) in [6, 6.07) is 13.8. The van der Waals surface area contributed by atoms with Gasteiger partial charge < -0.3 is 10.4 Å². The van der Waals surface area contributed by atoms with E-state index in [0.717, 1.165) is 11.3 Å². The van der Waals surface area contributed by atoms with Crippen LogP contribution in [0.15, 0.2) is 48.5 Å². The van der Waals surface area contributed by atoms with Gasteiger partial charge in [0.25, 0.3) is 0 Å². The van der Waals surface area contributed by atoms with Gasteiger partial charge in [0.2, 0.25) is 0 Å². The lowest BCUT2D eigenvalue weighted by molar-refractivity contribution is 0.191. The minimum absolute atomic E-state index is 0.294. The Morgan fingerprint density at radius 3 is 2.56 bits per heavy atom. The number of aliphatic hydroxyl groups excluding tert-OH is 1. The molecule has 2 rings (SSSR count). The first-order valence-corrected chi connectivity index (χ1v) is 5.89. The number of anilines is 1. The highest BCUT2D eigenvalue weighted by Crippen LogP contribution is 2.15. The van der Waals surface area contributed by atoms with Crippen LogP contribution >= 0.6 is 0 Å². The summed E-state index contributed by atoms with van der Waals surface area (Å²) >= 11 is 0. The Hall–Kier alpha value is -1.87. The van der Waals surface area contributed by atoms with E-state index in [9.17, 15) is 9.50 Å². The molecule has 2 aromatic carbocycles. The van der Waals surface area contributed by atoms with Crippen LogP contribution in [0.3, 0.4) is 0 Å². The predicted octanol–water partition coefficient (Wildman–Crippen LogP) is 3.28. The van der Waals surface area contributed by atoms with Crippen molar-refractivity contribution < 1.29 is 9.50 Å². The molecule has 18 heavy (non-hydrogen) atoms. The van der Waals surface area contributed by atoms with Gasteiger partial charge in [0.05, 0.1) is 6.10 Å². The minimum atomic E-state index is -0.647. The number of hydrogen-bond donors (Lipinski definition) is 2. The topological polar surface area (TPSA) is 32.3 Å². The van der Waals surface area contributed by atoms with E-state index in [-0.39, 0.29) is 5.82 Å². The summed E-state index contributed by atoms with van der Waals surface area (Å²) in [5.74, 6) is -0.294. The van der Waals surface area contributed by atoms with Crippen LogP contribution in [0.5, 0.6) is 0 Å². The molecule has 1 atom stereocenters. The number of benzene rings is 2. The largest absolute Gasteiger partial charge is 0.387 e. The Morgan fingerprint density at radius 2 is 1.89 bits per heavy atom. The van der Waals surface area contributed by atoms with Crippen LogP contribution in [0.4, 0.5) is 10.1 Å². The number of aliphatic hydroxyl groups is 1. The highest BCUT2D eigenvalue weighted by Gasteiger charge is 2.07. The van der Waals surface area contributed by atoms with E-state index in [2.05, 4.69) is 5.32 Å². The number of hydrogen-bond acceptors (Lipinski definition) is 2. The Balaban J connectivity index is 1.96. The van der Waals surface area contributed by atoms with Gasteiger partial charge in [0, 0.05) is 12.2 Å². The lowest BCUT2D eigenvalue weighted by atomic mass is 10.1. The number of nitrogens with one attached hydrogen (secondary N) is 1. The molecule has 2 N–H and O–H groups in total. The molecule has 0 aromatic heterocycles. The molecule has 0 saturated heterocycles. The Labute approximate surface area is 106 Å². The van der Waals surface area contributed by atoms with E-state index in [0.29, 0.717) is 12.1 Å². The average Bonchev–Trinajstić information content (AvgIpc) is 2.37. The van der Waals surface area contributed by atoms with E-state index < -0.39 is 6.10 Å². The average molecular weight is 245 g/mol. The van der Waals surface area contributed by atoms with Crippen molar-refractivity contribution in [1.29, 1.82) is 0 Å². The van der Waals surface area contributed by atoms with Gasteiger partial charge in [-0.1, -0.05) is 24.3 Å². The Bertz CT molecular complexity index is 510. The molecule has 2 aromatic rings. The molecule has 3 heteroatoms. The van der Waals surface area contributed by atoms with E-state index in [1.165, 1.54) is 12.1 Å². The molecular weight excluding hydrogens is 229 g/mol. The molecule has 0 aliphatic carbocycles. The standard InChI is InChI=1S/C15H16FNO/c1-11-3-2-4-14(9-11)17-10-15(18)12-5-7-13(16)8-6-12/h2-9,15,17-18H,10H2,1H3. The first-order chi connectivity index (χ1) is 8.65. The van der Waals surface area contributed by atoms with Gasteiger partial charge >= 0.3 is 0 Å². The van der Waals surface area contributed by atoms with Crippen molar-refractivity contribution >= 4 is 5.69 Å². The normalized spacial score (nSPS) is 12.2. The second-order valence-corrected chi connectivity index (χ2v) is 4.32. The van der Waals surface area contributed by atoms with Crippen molar-refractivity contribution in [3.8, 4) is 0 Å². The van der Waals surface area contributed by atoms with Gasteiger partial charge in [-0.2, -0.15) is 0 Å². The zero-order chi connectivity index (χ0) is 13.0. The minimum Gasteiger partial charge on any atom is -0.387 e. The molecule has 0 fully saturated rings. The third kappa shape index (κ3) is 3.31. The SMILES string of the molecule is Cc1cccc(NCC(O)c2ccc(F)cc2)c1. The van der Waals surface area contributed by atoms with Crippen LogP contribution in [0.25, 0.3) is 0 Å². The van der Waals surface area contributed by atoms with Crippen LogP contribution < -0.4 is 5.32 Å². The lowest BCUT2D eigenvalue weighted by Gasteiger charge is -2.13. The molecule has 0 saturated carbocycles. The smallest absolute Gasteiger partial charge is 0.123 e. The molecule has 0 heterocycles. The summed E-state index contributed by atoms with van der Waals surface area (Å²) in [4.78, 5) is 0. The summed E-state index contributed by atoms with van der Waals surface area (Å²) in [5.41, 5.74) is 2.84. The molecule has 0 spiro atoms. The van der Waals surface area contributed by atoms with Crippen LogP contribution in [-0.4, -0.2) is 11.7 Å². The maximum absolute atomic E-state index is 12.7. The van der Waals surface area contributed by atoms with E-state index in [1.54, 1.807) is 12.1 Å². The van der Waals surface area contributed by atoms with Crippen molar-refractivity contribution in [2.45, 2.75) is 13.0 Å². The zero-order valence-corrected chi connectivity index (χ0v) is 10.2. The van der Waals surface area contributed by atoms with Gasteiger partial charge in [-0.25, -0.2) is 4.39 Å². The summed E-state index contributed by atoms with van der Waals surface area (Å²) < 4.78 is 12.7. The van der Waals surface area contributed by atoms with E-state index in [1.807, 2.05) is 31.2 Å². The molecule has 0 bridgehead atoms. The van der Waals surface area contributed by atoms with Crippen molar-refractivity contribution in [3.63, 3.8) is 0 Å². The van der Waals surface area contributed by atoms with Crippen LogP contribution in [-0.2, 0) is 0 Å². The number of rotatable bonds is 4. The first kappa shape index (κ1) is 12.6. The molecule has 0 amide bonds. The van der Waals surface area contributed by atoms with Crippen LogP contribution in [0.2, 0.25) is 0 Å². The van der Waals surface area contributed by atoms with Crippen molar-refractivity contribution in [1.82, 2.24) is 0 Å². The molecular formula is C15H16FNO. The van der Waals surface area contributed by atoms with Gasteiger partial charge in [0.15, 0.2) is 0 Å². The van der Waals surface area contributed by atoms with Crippen LogP contribution in [0, 0.1) is 12.7 Å². The van der Waals surface area contributed by atoms with E-state index >= 15 is 0 Å². The van der Waals surface area contributed by atoms with Gasteiger partial charge in [-0.3, -0.25) is 0 Å². The summed E-state index contributed by atoms with van der Waals surface area (Å²) in [5, 5.41) is 13.1. The summed E-state index contributed by atoms with van der Waals surface area (Å²) in [7, 11) is 0. The molecule has 0 aliphatic rings. The third-order valence-corrected chi connectivity index (χ3v) is 2.77. The number of halogens is 1. The first-order valence-electron chi connectivity index (χ1n) is 5.89. The van der Waals surface area contributed by atoms with Crippen LogP contribution in [0.1, 0.15) is 17.2 Å². The quantitative estimate of drug-likeness (QED) is 0.866. The Morgan fingerprint density at radius 1 is 1.17 bits per heavy atom. The molecule has 0 radical (unpaired) electrons. The maximum Gasteiger partial charge on any atom is 0.123 e. The molecule has 0 aliphatic heterocycles. The highest BCUT2D eigenvalue weighted by molar-refractivity contribution is 5.45. The lowest BCUT2D eigenvalue weighted by Crippen LogP contribution is -2.12. The zero-order valence-electron chi connectivity index (χ0n) is 10.2. The second kappa shape index (κ2) is 5.65. The summed E-state index contributed by atoms with van der Waals surface area (Å²) in [6.07, 6.45) is -0.647. The fraction of sp³-hybridized carbons (Fsp3) is 0.200. The maximum atomic E-state index is 12.7. The molecule has 2 nitrogen and oxygen atoms in total. The highest BCUT2D eigenvalue weighted by atomic mass is 19.1. The predicted molar refractivity (Wildman–Crippen MR) is 71.0 cm³/mol. The van der Waals surface area contributed by atoms with Crippen molar-refractivity contribution in [2.24, 2.45) is 0 Å². The fourth-order valence-corrected chi connectivity index (χ4v) is 1.77. The molecule has 1 unspecified atom stereocenters.